The van der Waals surface area contributed by atoms with Gasteiger partial charge in [-0.3, -0.25) is 0 Å². The second-order valence-electron chi connectivity index (χ2n) is 3.34. The summed E-state index contributed by atoms with van der Waals surface area (Å²) in [6.07, 6.45) is 3.89. The zero-order valence-corrected chi connectivity index (χ0v) is 8.91. The lowest BCUT2D eigenvalue weighted by atomic mass is 10.2. The third kappa shape index (κ3) is 3.28. The largest absolute Gasteiger partial charge is 0.482 e. The quantitative estimate of drug-likeness (QED) is 0.741. The molecule has 0 aliphatic heterocycles. The first-order chi connectivity index (χ1) is 7.95. The van der Waals surface area contributed by atoms with Crippen molar-refractivity contribution in [1.82, 2.24) is 0 Å². The number of para-hydroxylation sites is 1. The van der Waals surface area contributed by atoms with E-state index in [1.165, 1.54) is 0 Å². The minimum Gasteiger partial charge on any atom is -0.482 e. The molecule has 0 saturated carbocycles. The Morgan fingerprint density at radius 1 is 0.750 bits per heavy atom. The van der Waals surface area contributed by atoms with Crippen molar-refractivity contribution in [3.63, 3.8) is 0 Å². The lowest BCUT2D eigenvalue weighted by Gasteiger charge is -2.00. The first-order valence-electron chi connectivity index (χ1n) is 5.22. The van der Waals surface area contributed by atoms with E-state index in [9.17, 15) is 0 Å². The summed E-state index contributed by atoms with van der Waals surface area (Å²) < 4.78 is 5.42. The molecule has 79 valence electrons. The molecule has 2 aromatic rings. The minimum absolute atomic E-state index is 0.847. The molecule has 0 atom stereocenters. The zero-order chi connectivity index (χ0) is 11.1. The first-order valence-corrected chi connectivity index (χ1v) is 5.22. The third-order valence-electron chi connectivity index (χ3n) is 2.11. The fraction of sp³-hybridized carbons (Fsp3) is 0. The molecular weight excluding hydrogens is 196 g/mol. The summed E-state index contributed by atoms with van der Waals surface area (Å²) in [7, 11) is 0. The van der Waals surface area contributed by atoms with Crippen LogP contribution < -0.4 is 4.74 Å². The van der Waals surface area contributed by atoms with Gasteiger partial charge < -0.3 is 4.74 Å². The molecule has 1 nitrogen and oxygen atoms in total. The van der Waals surface area contributed by atoms with Crippen LogP contribution >= 0.6 is 0 Å². The highest BCUT2D eigenvalue weighted by atomic mass is 16.5. The summed E-state index contributed by atoms with van der Waals surface area (Å²) in [5.41, 5.74) is 1.16. The Balaban J connectivity index is 1.83. The van der Waals surface area contributed by atoms with Crippen molar-refractivity contribution in [2.75, 3.05) is 0 Å². The molecule has 0 unspecified atom stereocenters. The molecular formula is C15H13O. The van der Waals surface area contributed by atoms with Crippen LogP contribution in [0.5, 0.6) is 5.75 Å². The fourth-order valence-corrected chi connectivity index (χ4v) is 1.33. The van der Waals surface area contributed by atoms with Gasteiger partial charge in [-0.25, -0.2) is 0 Å². The summed E-state index contributed by atoms with van der Waals surface area (Å²) in [4.78, 5) is 0. The van der Waals surface area contributed by atoms with Crippen molar-refractivity contribution < 1.29 is 4.74 Å². The first kappa shape index (κ1) is 10.5. The molecule has 0 bridgehead atoms. The van der Waals surface area contributed by atoms with Crippen LogP contribution in [0.1, 0.15) is 5.56 Å². The molecule has 1 heteroatoms. The van der Waals surface area contributed by atoms with E-state index in [-0.39, 0.29) is 0 Å². The van der Waals surface area contributed by atoms with Gasteiger partial charge >= 0.3 is 0 Å². The Morgan fingerprint density at radius 2 is 1.38 bits per heavy atom. The van der Waals surface area contributed by atoms with Gasteiger partial charge in [-0.05, 0) is 23.8 Å². The average molecular weight is 209 g/mol. The molecule has 0 heterocycles. The van der Waals surface area contributed by atoms with Gasteiger partial charge in [0.1, 0.15) is 5.75 Å². The SMILES string of the molecule is [CH](C=Cc1ccccc1)Oc1ccccc1. The molecule has 0 aromatic heterocycles. The van der Waals surface area contributed by atoms with Crippen LogP contribution in [-0.2, 0) is 0 Å². The molecule has 2 rings (SSSR count). The molecule has 2 aromatic carbocycles. The second kappa shape index (κ2) is 5.76. The number of rotatable bonds is 4. The van der Waals surface area contributed by atoms with E-state index >= 15 is 0 Å². The Labute approximate surface area is 96.0 Å². The zero-order valence-electron chi connectivity index (χ0n) is 8.91. The highest BCUT2D eigenvalue weighted by Crippen LogP contribution is 2.10. The summed E-state index contributed by atoms with van der Waals surface area (Å²) in [5, 5.41) is 0. The van der Waals surface area contributed by atoms with Gasteiger partial charge in [0.25, 0.3) is 0 Å². The van der Waals surface area contributed by atoms with Crippen LogP contribution in [0.4, 0.5) is 0 Å². The normalized spacial score (nSPS) is 10.5. The van der Waals surface area contributed by atoms with Crippen LogP contribution in [-0.4, -0.2) is 0 Å². The number of ether oxygens (including phenoxy) is 1. The van der Waals surface area contributed by atoms with E-state index in [1.807, 2.05) is 72.8 Å². The predicted molar refractivity (Wildman–Crippen MR) is 66.8 cm³/mol. The smallest absolute Gasteiger partial charge is 0.158 e. The molecule has 0 aliphatic carbocycles. The Morgan fingerprint density at radius 3 is 2.06 bits per heavy atom. The summed E-state index contributed by atoms with van der Waals surface area (Å²) >= 11 is 0. The van der Waals surface area contributed by atoms with Crippen molar-refractivity contribution in [3.8, 4) is 5.75 Å². The van der Waals surface area contributed by atoms with Gasteiger partial charge in [0, 0.05) is 0 Å². The van der Waals surface area contributed by atoms with Crippen molar-refractivity contribution >= 4 is 6.08 Å². The molecule has 0 saturated heterocycles. The van der Waals surface area contributed by atoms with Crippen LogP contribution in [0.3, 0.4) is 0 Å². The maximum absolute atomic E-state index is 5.42. The average Bonchev–Trinajstić information content (AvgIpc) is 2.37. The summed E-state index contributed by atoms with van der Waals surface area (Å²) in [5.74, 6) is 0.847. The number of hydrogen-bond acceptors (Lipinski definition) is 1. The second-order valence-corrected chi connectivity index (χ2v) is 3.34. The Kier molecular flexibility index (Phi) is 3.78. The maximum Gasteiger partial charge on any atom is 0.158 e. The van der Waals surface area contributed by atoms with Crippen LogP contribution in [0.15, 0.2) is 66.7 Å². The Bertz CT molecular complexity index is 432. The van der Waals surface area contributed by atoms with E-state index in [1.54, 1.807) is 6.61 Å². The summed E-state index contributed by atoms with van der Waals surface area (Å²) in [6.45, 7) is 1.68. The van der Waals surface area contributed by atoms with Gasteiger partial charge in [0.2, 0.25) is 0 Å². The molecule has 0 aliphatic rings. The maximum atomic E-state index is 5.42. The monoisotopic (exact) mass is 209 g/mol. The van der Waals surface area contributed by atoms with E-state index in [0.29, 0.717) is 0 Å². The molecule has 16 heavy (non-hydrogen) atoms. The van der Waals surface area contributed by atoms with Crippen molar-refractivity contribution in [2.24, 2.45) is 0 Å². The molecule has 0 fully saturated rings. The predicted octanol–water partition coefficient (Wildman–Crippen LogP) is 3.94. The third-order valence-corrected chi connectivity index (χ3v) is 2.11. The standard InChI is InChI=1S/C15H13O/c1-3-8-14(9-4-1)10-7-13-16-15-11-5-2-6-12-15/h1-13H. The van der Waals surface area contributed by atoms with Gasteiger partial charge in [-0.15, -0.1) is 0 Å². The van der Waals surface area contributed by atoms with Crippen LogP contribution in [0.25, 0.3) is 6.08 Å². The van der Waals surface area contributed by atoms with Gasteiger partial charge in [-0.2, -0.15) is 0 Å². The number of benzene rings is 2. The van der Waals surface area contributed by atoms with Crippen molar-refractivity contribution in [2.45, 2.75) is 0 Å². The van der Waals surface area contributed by atoms with E-state index in [2.05, 4.69) is 0 Å². The van der Waals surface area contributed by atoms with E-state index in [4.69, 9.17) is 4.74 Å². The van der Waals surface area contributed by atoms with Gasteiger partial charge in [0.15, 0.2) is 6.61 Å². The lowest BCUT2D eigenvalue weighted by Crippen LogP contribution is -1.85. The summed E-state index contributed by atoms with van der Waals surface area (Å²) in [6, 6.07) is 19.8. The minimum atomic E-state index is 0.847. The molecule has 0 amide bonds. The lowest BCUT2D eigenvalue weighted by molar-refractivity contribution is 0.434. The van der Waals surface area contributed by atoms with Crippen molar-refractivity contribution in [3.05, 3.63) is 78.9 Å². The topological polar surface area (TPSA) is 9.23 Å². The van der Waals surface area contributed by atoms with E-state index in [0.717, 1.165) is 11.3 Å². The molecule has 0 N–H and O–H groups in total. The fourth-order valence-electron chi connectivity index (χ4n) is 1.33. The van der Waals surface area contributed by atoms with Gasteiger partial charge in [0.05, 0.1) is 0 Å². The number of hydrogen-bond donors (Lipinski definition) is 0. The highest BCUT2D eigenvalue weighted by molar-refractivity contribution is 5.49. The Hall–Kier alpha value is -2.02. The van der Waals surface area contributed by atoms with Crippen LogP contribution in [0, 0.1) is 6.61 Å². The molecule has 0 spiro atoms. The van der Waals surface area contributed by atoms with E-state index < -0.39 is 0 Å². The van der Waals surface area contributed by atoms with Crippen LogP contribution in [0.2, 0.25) is 0 Å². The molecule has 1 radical (unpaired) electrons. The van der Waals surface area contributed by atoms with Crippen molar-refractivity contribution in [1.29, 1.82) is 0 Å². The highest BCUT2D eigenvalue weighted by Gasteiger charge is 1.88. The van der Waals surface area contributed by atoms with Gasteiger partial charge in [-0.1, -0.05) is 54.6 Å².